The van der Waals surface area contributed by atoms with E-state index in [0.717, 1.165) is 23.7 Å². The number of rotatable bonds is 2. The lowest BCUT2D eigenvalue weighted by atomic mass is 9.82. The first-order chi connectivity index (χ1) is 13.3. The van der Waals surface area contributed by atoms with Gasteiger partial charge in [-0.05, 0) is 59.0 Å². The molecule has 1 aliphatic heterocycles. The van der Waals surface area contributed by atoms with Crippen LogP contribution in [0.25, 0.3) is 11.1 Å². The zero-order valence-corrected chi connectivity index (χ0v) is 17.3. The molecule has 3 aromatic carbocycles. The van der Waals surface area contributed by atoms with Gasteiger partial charge in [-0.1, -0.05) is 58.0 Å². The molecule has 1 heterocycles. The second kappa shape index (κ2) is 5.64. The summed E-state index contributed by atoms with van der Waals surface area (Å²) in [4.78, 5) is 0. The van der Waals surface area contributed by atoms with Gasteiger partial charge in [0.1, 0.15) is 5.75 Å². The molecule has 1 aliphatic carbocycles. The molecule has 0 bridgehead atoms. The normalized spacial score (nSPS) is 17.5. The number of aryl methyl sites for hydroxylation is 1. The molecule has 0 saturated heterocycles. The third-order valence-corrected chi connectivity index (χ3v) is 6.45. The van der Waals surface area contributed by atoms with Gasteiger partial charge in [0.2, 0.25) is 0 Å². The third kappa shape index (κ3) is 2.40. The van der Waals surface area contributed by atoms with Crippen molar-refractivity contribution in [3.8, 4) is 16.9 Å². The maximum absolute atomic E-state index is 5.95. The Morgan fingerprint density at radius 2 is 1.50 bits per heavy atom. The van der Waals surface area contributed by atoms with Crippen LogP contribution >= 0.6 is 0 Å². The molecule has 5 rings (SSSR count). The summed E-state index contributed by atoms with van der Waals surface area (Å²) in [7, 11) is 0. The third-order valence-electron chi connectivity index (χ3n) is 6.45. The highest BCUT2D eigenvalue weighted by molar-refractivity contribution is 5.83. The van der Waals surface area contributed by atoms with Crippen LogP contribution in [0.1, 0.15) is 49.9 Å². The van der Waals surface area contributed by atoms with Crippen LogP contribution in [-0.4, -0.2) is 6.61 Å². The SMILES string of the molecule is Cc1cc(Nc2ccc3c(c2)C(C)(C)c2ccccc2-3)cc2c1OCC2(C)C. The van der Waals surface area contributed by atoms with Gasteiger partial charge in [0, 0.05) is 27.8 Å². The van der Waals surface area contributed by atoms with Crippen molar-refractivity contribution in [3.05, 3.63) is 76.9 Å². The van der Waals surface area contributed by atoms with Crippen molar-refractivity contribution in [1.82, 2.24) is 0 Å². The number of nitrogens with one attached hydrogen (secondary N) is 1. The minimum atomic E-state index is 0.0211. The highest BCUT2D eigenvalue weighted by Crippen LogP contribution is 2.49. The van der Waals surface area contributed by atoms with E-state index in [0.29, 0.717) is 0 Å². The molecule has 28 heavy (non-hydrogen) atoms. The summed E-state index contributed by atoms with van der Waals surface area (Å²) in [6.07, 6.45) is 0. The molecule has 0 aromatic heterocycles. The number of hydrogen-bond acceptors (Lipinski definition) is 2. The van der Waals surface area contributed by atoms with Gasteiger partial charge in [-0.3, -0.25) is 0 Å². The van der Waals surface area contributed by atoms with Crippen LogP contribution in [0.15, 0.2) is 54.6 Å². The molecule has 3 aromatic rings. The van der Waals surface area contributed by atoms with E-state index in [9.17, 15) is 0 Å². The van der Waals surface area contributed by atoms with Crippen molar-refractivity contribution < 1.29 is 4.74 Å². The van der Waals surface area contributed by atoms with E-state index in [2.05, 4.69) is 94.5 Å². The van der Waals surface area contributed by atoms with Crippen LogP contribution in [0.2, 0.25) is 0 Å². The average molecular weight is 370 g/mol. The van der Waals surface area contributed by atoms with Gasteiger partial charge in [-0.2, -0.15) is 0 Å². The first-order valence-corrected chi connectivity index (χ1v) is 10.1. The van der Waals surface area contributed by atoms with E-state index in [4.69, 9.17) is 4.74 Å². The molecule has 0 atom stereocenters. The Labute approximate surface area is 167 Å². The molecule has 0 radical (unpaired) electrons. The number of anilines is 2. The Hall–Kier alpha value is -2.74. The quantitative estimate of drug-likeness (QED) is 0.542. The summed E-state index contributed by atoms with van der Waals surface area (Å²) in [5.41, 5.74) is 10.3. The van der Waals surface area contributed by atoms with E-state index in [-0.39, 0.29) is 10.8 Å². The van der Waals surface area contributed by atoms with Crippen LogP contribution in [0.3, 0.4) is 0 Å². The second-order valence-corrected chi connectivity index (χ2v) is 9.40. The fourth-order valence-corrected chi connectivity index (χ4v) is 4.82. The fraction of sp³-hybridized carbons (Fsp3) is 0.308. The largest absolute Gasteiger partial charge is 0.492 e. The van der Waals surface area contributed by atoms with Crippen molar-refractivity contribution in [2.24, 2.45) is 0 Å². The Morgan fingerprint density at radius 3 is 2.32 bits per heavy atom. The fourth-order valence-electron chi connectivity index (χ4n) is 4.82. The monoisotopic (exact) mass is 369 g/mol. The highest BCUT2D eigenvalue weighted by Gasteiger charge is 2.35. The van der Waals surface area contributed by atoms with Gasteiger partial charge in [0.05, 0.1) is 6.61 Å². The first kappa shape index (κ1) is 17.4. The molecular weight excluding hydrogens is 342 g/mol. The van der Waals surface area contributed by atoms with Crippen molar-refractivity contribution >= 4 is 11.4 Å². The predicted molar refractivity (Wildman–Crippen MR) is 117 cm³/mol. The summed E-state index contributed by atoms with van der Waals surface area (Å²) in [6.45, 7) is 12.0. The van der Waals surface area contributed by atoms with Gasteiger partial charge >= 0.3 is 0 Å². The van der Waals surface area contributed by atoms with Crippen LogP contribution in [0.5, 0.6) is 5.75 Å². The molecule has 2 heteroatoms. The summed E-state index contributed by atoms with van der Waals surface area (Å²) in [6, 6.07) is 20.0. The lowest BCUT2D eigenvalue weighted by molar-refractivity contribution is 0.290. The predicted octanol–water partition coefficient (Wildman–Crippen LogP) is 6.71. The summed E-state index contributed by atoms with van der Waals surface area (Å²) < 4.78 is 5.95. The maximum Gasteiger partial charge on any atom is 0.126 e. The van der Waals surface area contributed by atoms with Gasteiger partial charge < -0.3 is 10.1 Å². The standard InChI is InChI=1S/C26H27NO/c1-16-12-18(14-23-24(16)28-15-25(23,2)3)27-17-10-11-20-19-8-6-7-9-21(19)26(4,5)22(20)13-17/h6-14,27H,15H2,1-5H3. The molecule has 0 spiro atoms. The second-order valence-electron chi connectivity index (χ2n) is 9.40. The van der Waals surface area contributed by atoms with Crippen LogP contribution < -0.4 is 10.1 Å². The van der Waals surface area contributed by atoms with Crippen molar-refractivity contribution in [1.29, 1.82) is 0 Å². The zero-order valence-electron chi connectivity index (χ0n) is 17.3. The first-order valence-electron chi connectivity index (χ1n) is 10.1. The minimum absolute atomic E-state index is 0.0211. The van der Waals surface area contributed by atoms with E-state index < -0.39 is 0 Å². The highest BCUT2D eigenvalue weighted by atomic mass is 16.5. The van der Waals surface area contributed by atoms with Crippen LogP contribution in [0, 0.1) is 6.92 Å². The van der Waals surface area contributed by atoms with E-state index in [1.807, 2.05) is 0 Å². The average Bonchev–Trinajstić information content (AvgIpc) is 3.08. The lowest BCUT2D eigenvalue weighted by Crippen LogP contribution is -2.18. The Bertz CT molecular complexity index is 1110. The summed E-state index contributed by atoms with van der Waals surface area (Å²) in [5, 5.41) is 3.65. The van der Waals surface area contributed by atoms with E-state index >= 15 is 0 Å². The van der Waals surface area contributed by atoms with Crippen molar-refractivity contribution in [3.63, 3.8) is 0 Å². The number of benzene rings is 3. The molecular formula is C26H27NO. The summed E-state index contributed by atoms with van der Waals surface area (Å²) >= 11 is 0. The molecule has 0 unspecified atom stereocenters. The number of ether oxygens (including phenoxy) is 1. The van der Waals surface area contributed by atoms with Crippen molar-refractivity contribution in [2.45, 2.75) is 45.4 Å². The molecule has 0 fully saturated rings. The molecule has 0 saturated carbocycles. The van der Waals surface area contributed by atoms with Gasteiger partial charge in [-0.15, -0.1) is 0 Å². The van der Waals surface area contributed by atoms with Crippen LogP contribution in [0.4, 0.5) is 11.4 Å². The molecule has 1 N–H and O–H groups in total. The minimum Gasteiger partial charge on any atom is -0.492 e. The Morgan fingerprint density at radius 1 is 0.786 bits per heavy atom. The number of fused-ring (bicyclic) bond motifs is 4. The zero-order chi connectivity index (χ0) is 19.7. The van der Waals surface area contributed by atoms with Gasteiger partial charge in [0.25, 0.3) is 0 Å². The molecule has 2 aliphatic rings. The van der Waals surface area contributed by atoms with Gasteiger partial charge in [-0.25, -0.2) is 0 Å². The topological polar surface area (TPSA) is 21.3 Å². The lowest BCUT2D eigenvalue weighted by Gasteiger charge is -2.22. The van der Waals surface area contributed by atoms with E-state index in [1.54, 1.807) is 0 Å². The molecule has 0 amide bonds. The smallest absolute Gasteiger partial charge is 0.126 e. The summed E-state index contributed by atoms with van der Waals surface area (Å²) in [5.74, 6) is 1.06. The Kier molecular flexibility index (Phi) is 3.49. The Balaban J connectivity index is 1.54. The molecule has 2 nitrogen and oxygen atoms in total. The van der Waals surface area contributed by atoms with Crippen molar-refractivity contribution in [2.75, 3.05) is 11.9 Å². The molecule has 142 valence electrons. The van der Waals surface area contributed by atoms with Gasteiger partial charge in [0.15, 0.2) is 0 Å². The van der Waals surface area contributed by atoms with Crippen LogP contribution in [-0.2, 0) is 10.8 Å². The van der Waals surface area contributed by atoms with E-state index in [1.165, 1.54) is 33.4 Å². The number of hydrogen-bond donors (Lipinski definition) is 1. The maximum atomic E-state index is 5.95.